The van der Waals surface area contributed by atoms with E-state index in [1.165, 1.54) is 7.11 Å². The first kappa shape index (κ1) is 10.0. The summed E-state index contributed by atoms with van der Waals surface area (Å²) in [6, 6.07) is 0. The van der Waals surface area contributed by atoms with Crippen LogP contribution >= 0.6 is 12.2 Å². The maximum Gasteiger partial charge on any atom is 0.159 e. The SMILES string of the molecule is COC(=S)CCCS(=O)O. The van der Waals surface area contributed by atoms with Gasteiger partial charge in [-0.3, -0.25) is 0 Å². The highest BCUT2D eigenvalue weighted by Crippen LogP contribution is 1.94. The smallest absolute Gasteiger partial charge is 0.159 e. The van der Waals surface area contributed by atoms with Crippen molar-refractivity contribution in [1.29, 1.82) is 0 Å². The minimum atomic E-state index is -1.70. The third-order valence-corrected chi connectivity index (χ3v) is 1.94. The summed E-state index contributed by atoms with van der Waals surface area (Å²) >= 11 is 3.01. The highest BCUT2D eigenvalue weighted by atomic mass is 32.2. The van der Waals surface area contributed by atoms with Gasteiger partial charge in [-0.1, -0.05) is 0 Å². The zero-order chi connectivity index (χ0) is 7.98. The van der Waals surface area contributed by atoms with Gasteiger partial charge in [0.1, 0.15) is 0 Å². The Morgan fingerprint density at radius 1 is 1.80 bits per heavy atom. The normalized spacial score (nSPS) is 12.6. The molecule has 0 radical (unpaired) electrons. The number of hydrogen-bond donors (Lipinski definition) is 1. The maximum atomic E-state index is 10.1. The van der Waals surface area contributed by atoms with Crippen molar-refractivity contribution >= 4 is 28.3 Å². The fraction of sp³-hybridized carbons (Fsp3) is 0.800. The van der Waals surface area contributed by atoms with Gasteiger partial charge in [-0.2, -0.15) is 0 Å². The van der Waals surface area contributed by atoms with E-state index in [-0.39, 0.29) is 5.75 Å². The first-order chi connectivity index (χ1) is 4.66. The molecule has 0 bridgehead atoms. The van der Waals surface area contributed by atoms with Crippen molar-refractivity contribution in [1.82, 2.24) is 0 Å². The molecule has 0 saturated carbocycles. The first-order valence-electron chi connectivity index (χ1n) is 2.81. The van der Waals surface area contributed by atoms with Crippen LogP contribution in [0.5, 0.6) is 0 Å². The monoisotopic (exact) mass is 182 g/mol. The summed E-state index contributed by atoms with van der Waals surface area (Å²) in [4.78, 5) is 0. The second-order valence-corrected chi connectivity index (χ2v) is 3.21. The van der Waals surface area contributed by atoms with Crippen LogP contribution in [-0.4, -0.2) is 26.7 Å². The molecule has 0 aliphatic rings. The van der Waals surface area contributed by atoms with Crippen LogP contribution in [0.4, 0.5) is 0 Å². The number of thiocarbonyl (C=S) groups is 1. The minimum Gasteiger partial charge on any atom is -0.490 e. The van der Waals surface area contributed by atoms with Crippen LogP contribution in [0.3, 0.4) is 0 Å². The Hall–Kier alpha value is -0.0000000000000000486. The summed E-state index contributed by atoms with van der Waals surface area (Å²) in [6.45, 7) is 0. The zero-order valence-corrected chi connectivity index (χ0v) is 7.33. The molecule has 5 heteroatoms. The molecule has 0 spiro atoms. The Morgan fingerprint density at radius 2 is 2.40 bits per heavy atom. The maximum absolute atomic E-state index is 10.1. The molecule has 0 aliphatic heterocycles. The quantitative estimate of drug-likeness (QED) is 0.519. The lowest BCUT2D eigenvalue weighted by atomic mass is 10.4. The summed E-state index contributed by atoms with van der Waals surface area (Å²) in [7, 11) is 1.50. The molecule has 0 amide bonds. The summed E-state index contributed by atoms with van der Waals surface area (Å²) in [6.07, 6.45) is 1.19. The Balaban J connectivity index is 3.20. The molecule has 0 aromatic rings. The van der Waals surface area contributed by atoms with E-state index in [9.17, 15) is 4.21 Å². The molecule has 0 rings (SSSR count). The van der Waals surface area contributed by atoms with Crippen molar-refractivity contribution in [2.75, 3.05) is 12.9 Å². The van der Waals surface area contributed by atoms with Gasteiger partial charge in [0, 0.05) is 12.2 Å². The van der Waals surface area contributed by atoms with Gasteiger partial charge < -0.3 is 9.29 Å². The van der Waals surface area contributed by atoms with Gasteiger partial charge in [-0.15, -0.1) is 0 Å². The fourth-order valence-corrected chi connectivity index (χ4v) is 0.978. The van der Waals surface area contributed by atoms with Gasteiger partial charge in [0.2, 0.25) is 0 Å². The predicted molar refractivity (Wildman–Crippen MR) is 44.5 cm³/mol. The van der Waals surface area contributed by atoms with Crippen LogP contribution in [0.15, 0.2) is 0 Å². The zero-order valence-electron chi connectivity index (χ0n) is 5.70. The first-order valence-corrected chi connectivity index (χ1v) is 4.49. The molecular formula is C5H10O3S2. The number of ether oxygens (including phenoxy) is 1. The Morgan fingerprint density at radius 3 is 2.80 bits per heavy atom. The fourth-order valence-electron chi connectivity index (χ4n) is 0.442. The van der Waals surface area contributed by atoms with E-state index in [0.717, 1.165) is 0 Å². The summed E-state index contributed by atoms with van der Waals surface area (Å²) in [5.41, 5.74) is 0. The van der Waals surface area contributed by atoms with Gasteiger partial charge in [-0.05, 0) is 18.6 Å². The molecule has 0 heterocycles. The van der Waals surface area contributed by atoms with Gasteiger partial charge in [0.15, 0.2) is 16.1 Å². The summed E-state index contributed by atoms with van der Waals surface area (Å²) in [5.74, 6) is 0.267. The van der Waals surface area contributed by atoms with Crippen LogP contribution in [0, 0.1) is 0 Å². The van der Waals surface area contributed by atoms with Gasteiger partial charge in [0.25, 0.3) is 0 Å². The Kier molecular flexibility index (Phi) is 5.76. The average molecular weight is 182 g/mol. The predicted octanol–water partition coefficient (Wildman–Crippen LogP) is 0.962. The standard InChI is InChI=1S/C5H10O3S2/c1-8-5(9)3-2-4-10(6)7/h2-4H2,1H3,(H,6,7). The lowest BCUT2D eigenvalue weighted by Crippen LogP contribution is -2.01. The van der Waals surface area contributed by atoms with Crippen molar-refractivity contribution in [3.8, 4) is 0 Å². The highest BCUT2D eigenvalue weighted by Gasteiger charge is 1.97. The minimum absolute atomic E-state index is 0.267. The molecule has 0 aliphatic carbocycles. The molecule has 0 fully saturated rings. The van der Waals surface area contributed by atoms with Crippen LogP contribution in [0.2, 0.25) is 0 Å². The van der Waals surface area contributed by atoms with Crippen molar-refractivity contribution in [2.24, 2.45) is 0 Å². The molecule has 3 nitrogen and oxygen atoms in total. The number of methoxy groups -OCH3 is 1. The topological polar surface area (TPSA) is 46.5 Å². The average Bonchev–Trinajstić information content (AvgIpc) is 1.87. The second kappa shape index (κ2) is 5.76. The molecule has 10 heavy (non-hydrogen) atoms. The van der Waals surface area contributed by atoms with Gasteiger partial charge >= 0.3 is 0 Å². The Labute approximate surface area is 68.0 Å². The number of rotatable bonds is 4. The summed E-state index contributed by atoms with van der Waals surface area (Å²) < 4.78 is 23.1. The highest BCUT2D eigenvalue weighted by molar-refractivity contribution is 7.80. The third-order valence-electron chi connectivity index (χ3n) is 0.928. The van der Waals surface area contributed by atoms with Gasteiger partial charge in [0.05, 0.1) is 7.11 Å². The van der Waals surface area contributed by atoms with Crippen molar-refractivity contribution in [3.63, 3.8) is 0 Å². The largest absolute Gasteiger partial charge is 0.490 e. The van der Waals surface area contributed by atoms with Gasteiger partial charge in [-0.25, -0.2) is 4.21 Å². The van der Waals surface area contributed by atoms with Crippen LogP contribution in [-0.2, 0) is 15.8 Å². The molecule has 1 N–H and O–H groups in total. The van der Waals surface area contributed by atoms with E-state index in [4.69, 9.17) is 16.8 Å². The molecule has 0 aromatic carbocycles. The van der Waals surface area contributed by atoms with Crippen LogP contribution < -0.4 is 0 Å². The molecule has 1 atom stereocenters. The lowest BCUT2D eigenvalue weighted by molar-refractivity contribution is 0.401. The molecule has 60 valence electrons. The molecule has 0 saturated heterocycles. The van der Waals surface area contributed by atoms with E-state index >= 15 is 0 Å². The molecule has 0 aromatic heterocycles. The van der Waals surface area contributed by atoms with E-state index < -0.39 is 11.1 Å². The van der Waals surface area contributed by atoms with Crippen molar-refractivity contribution in [3.05, 3.63) is 0 Å². The van der Waals surface area contributed by atoms with Crippen molar-refractivity contribution < 1.29 is 13.5 Å². The van der Waals surface area contributed by atoms with Crippen molar-refractivity contribution in [2.45, 2.75) is 12.8 Å². The molecule has 1 unspecified atom stereocenters. The van der Waals surface area contributed by atoms with E-state index in [2.05, 4.69) is 4.74 Å². The van der Waals surface area contributed by atoms with E-state index in [1.807, 2.05) is 0 Å². The molecular weight excluding hydrogens is 172 g/mol. The second-order valence-electron chi connectivity index (χ2n) is 1.71. The third kappa shape index (κ3) is 6.12. The summed E-state index contributed by atoms with van der Waals surface area (Å²) in [5, 5.41) is 0.491. The lowest BCUT2D eigenvalue weighted by Gasteiger charge is -1.98. The Bertz CT molecular complexity index is 135. The van der Waals surface area contributed by atoms with E-state index in [0.29, 0.717) is 17.9 Å². The van der Waals surface area contributed by atoms with Crippen LogP contribution in [0.1, 0.15) is 12.8 Å². The number of hydrogen-bond acceptors (Lipinski definition) is 3. The van der Waals surface area contributed by atoms with E-state index in [1.54, 1.807) is 0 Å². The van der Waals surface area contributed by atoms with Crippen LogP contribution in [0.25, 0.3) is 0 Å².